The molecular weight excluding hydrogens is 334 g/mol. The average Bonchev–Trinajstić information content (AvgIpc) is 2.51. The first-order chi connectivity index (χ1) is 10.2. The molecular formula is C16H12BrNO3. The van der Waals surface area contributed by atoms with E-state index in [2.05, 4.69) is 15.9 Å². The summed E-state index contributed by atoms with van der Waals surface area (Å²) >= 11 is 3.30. The summed E-state index contributed by atoms with van der Waals surface area (Å²) in [7, 11) is 0. The van der Waals surface area contributed by atoms with Gasteiger partial charge in [0, 0.05) is 6.07 Å². The van der Waals surface area contributed by atoms with Gasteiger partial charge in [-0.2, -0.15) is 5.26 Å². The van der Waals surface area contributed by atoms with Crippen molar-refractivity contribution in [3.63, 3.8) is 0 Å². The van der Waals surface area contributed by atoms with Crippen molar-refractivity contribution >= 4 is 21.9 Å². The van der Waals surface area contributed by atoms with Gasteiger partial charge in [-0.05, 0) is 41.1 Å². The van der Waals surface area contributed by atoms with Gasteiger partial charge in [0.15, 0.2) is 11.5 Å². The van der Waals surface area contributed by atoms with Crippen molar-refractivity contribution in [3.8, 4) is 17.6 Å². The zero-order valence-electron chi connectivity index (χ0n) is 11.3. The Bertz CT molecular complexity index is 693. The summed E-state index contributed by atoms with van der Waals surface area (Å²) in [6.45, 7) is 2.22. The molecule has 0 saturated heterocycles. The van der Waals surface area contributed by atoms with Gasteiger partial charge in [0.05, 0.1) is 28.3 Å². The van der Waals surface area contributed by atoms with E-state index in [0.29, 0.717) is 28.0 Å². The largest absolute Gasteiger partial charge is 0.490 e. The fourth-order valence-electron chi connectivity index (χ4n) is 1.72. The van der Waals surface area contributed by atoms with Crippen LogP contribution >= 0.6 is 15.9 Å². The van der Waals surface area contributed by atoms with E-state index >= 15 is 0 Å². The molecule has 0 N–H and O–H groups in total. The highest BCUT2D eigenvalue weighted by atomic mass is 79.9. The van der Waals surface area contributed by atoms with Gasteiger partial charge < -0.3 is 9.47 Å². The molecule has 21 heavy (non-hydrogen) atoms. The van der Waals surface area contributed by atoms with E-state index in [0.717, 1.165) is 0 Å². The Kier molecular flexibility index (Phi) is 4.96. The summed E-state index contributed by atoms with van der Waals surface area (Å²) < 4.78 is 11.3. The Hall–Kier alpha value is -2.32. The smallest absolute Gasteiger partial charge is 0.343 e. The van der Waals surface area contributed by atoms with Crippen LogP contribution in [0.3, 0.4) is 0 Å². The average molecular weight is 346 g/mol. The molecule has 0 aliphatic rings. The molecule has 0 fully saturated rings. The summed E-state index contributed by atoms with van der Waals surface area (Å²) in [5, 5.41) is 8.97. The molecule has 5 heteroatoms. The van der Waals surface area contributed by atoms with Crippen LogP contribution in [0.2, 0.25) is 0 Å². The second kappa shape index (κ2) is 6.91. The Morgan fingerprint density at radius 3 is 2.62 bits per heavy atom. The summed E-state index contributed by atoms with van der Waals surface area (Å²) in [6.07, 6.45) is 0. The van der Waals surface area contributed by atoms with Gasteiger partial charge in [-0.25, -0.2) is 4.79 Å². The normalized spacial score (nSPS) is 9.76. The zero-order valence-corrected chi connectivity index (χ0v) is 12.9. The van der Waals surface area contributed by atoms with E-state index < -0.39 is 5.97 Å². The number of carbonyl (C=O) groups excluding carboxylic acids is 1. The fourth-order valence-corrected chi connectivity index (χ4v) is 2.24. The first-order valence-corrected chi connectivity index (χ1v) is 7.08. The van der Waals surface area contributed by atoms with Gasteiger partial charge in [0.2, 0.25) is 0 Å². The molecule has 106 valence electrons. The molecule has 0 spiro atoms. The highest BCUT2D eigenvalue weighted by Gasteiger charge is 2.17. The maximum absolute atomic E-state index is 12.1. The summed E-state index contributed by atoms with van der Waals surface area (Å²) in [4.78, 5) is 12.1. The molecule has 4 nitrogen and oxygen atoms in total. The van der Waals surface area contributed by atoms with E-state index in [1.54, 1.807) is 36.4 Å². The Morgan fingerprint density at radius 1 is 1.29 bits per heavy atom. The maximum Gasteiger partial charge on any atom is 0.343 e. The van der Waals surface area contributed by atoms with Crippen molar-refractivity contribution in [1.82, 2.24) is 0 Å². The number of benzene rings is 2. The number of esters is 1. The molecule has 0 aromatic heterocycles. The highest BCUT2D eigenvalue weighted by molar-refractivity contribution is 9.10. The second-order valence-corrected chi connectivity index (χ2v) is 4.94. The van der Waals surface area contributed by atoms with Crippen LogP contribution in [-0.2, 0) is 0 Å². The Balaban J connectivity index is 2.35. The maximum atomic E-state index is 12.1. The van der Waals surface area contributed by atoms with Gasteiger partial charge in [-0.3, -0.25) is 0 Å². The van der Waals surface area contributed by atoms with Crippen molar-refractivity contribution in [2.75, 3.05) is 6.61 Å². The number of halogens is 1. The third-order valence-electron chi connectivity index (χ3n) is 2.64. The summed E-state index contributed by atoms with van der Waals surface area (Å²) in [5.41, 5.74) is 0.862. The number of hydrogen-bond donors (Lipinski definition) is 0. The molecule has 0 bridgehead atoms. The predicted octanol–water partition coefficient (Wildman–Crippen LogP) is 3.94. The van der Waals surface area contributed by atoms with E-state index in [9.17, 15) is 4.79 Å². The lowest BCUT2D eigenvalue weighted by Crippen LogP contribution is -2.10. The van der Waals surface area contributed by atoms with E-state index in [-0.39, 0.29) is 5.75 Å². The van der Waals surface area contributed by atoms with Crippen LogP contribution in [0.4, 0.5) is 0 Å². The van der Waals surface area contributed by atoms with E-state index in [4.69, 9.17) is 14.7 Å². The number of hydrogen-bond acceptors (Lipinski definition) is 4. The first kappa shape index (κ1) is 15.1. The van der Waals surface area contributed by atoms with E-state index in [1.807, 2.05) is 19.1 Å². The lowest BCUT2D eigenvalue weighted by molar-refractivity contribution is 0.0727. The topological polar surface area (TPSA) is 59.3 Å². The van der Waals surface area contributed by atoms with Crippen LogP contribution in [0, 0.1) is 11.3 Å². The minimum atomic E-state index is -0.484. The fraction of sp³-hybridized carbons (Fsp3) is 0.125. The third kappa shape index (κ3) is 3.61. The van der Waals surface area contributed by atoms with Crippen LogP contribution in [-0.4, -0.2) is 12.6 Å². The van der Waals surface area contributed by atoms with Crippen LogP contribution in [0.25, 0.3) is 0 Å². The van der Waals surface area contributed by atoms with Gasteiger partial charge >= 0.3 is 5.97 Å². The standard InChI is InChI=1S/C16H12BrNO3/c1-2-20-14-9-11(10-18)8-13(17)15(14)21-16(19)12-6-4-3-5-7-12/h3-9H,2H2,1H3. The molecule has 2 aromatic carbocycles. The summed E-state index contributed by atoms with van der Waals surface area (Å²) in [6, 6.07) is 13.8. The lowest BCUT2D eigenvalue weighted by Gasteiger charge is -2.12. The first-order valence-electron chi connectivity index (χ1n) is 6.29. The molecule has 0 aliphatic carbocycles. The molecule has 2 rings (SSSR count). The van der Waals surface area contributed by atoms with Crippen molar-refractivity contribution < 1.29 is 14.3 Å². The monoisotopic (exact) mass is 345 g/mol. The molecule has 0 amide bonds. The predicted molar refractivity (Wildman–Crippen MR) is 81.4 cm³/mol. The minimum Gasteiger partial charge on any atom is -0.490 e. The molecule has 0 atom stereocenters. The molecule has 2 aromatic rings. The third-order valence-corrected chi connectivity index (χ3v) is 3.23. The lowest BCUT2D eigenvalue weighted by atomic mass is 10.2. The van der Waals surface area contributed by atoms with Crippen LogP contribution in [0.15, 0.2) is 46.9 Å². The molecule has 0 aliphatic heterocycles. The summed E-state index contributed by atoms with van der Waals surface area (Å²) in [5.74, 6) is 0.138. The SMILES string of the molecule is CCOc1cc(C#N)cc(Br)c1OC(=O)c1ccccc1. The zero-order chi connectivity index (χ0) is 15.2. The van der Waals surface area contributed by atoms with Crippen molar-refractivity contribution in [2.24, 2.45) is 0 Å². The van der Waals surface area contributed by atoms with Gasteiger partial charge in [-0.1, -0.05) is 18.2 Å². The Labute approximate surface area is 131 Å². The molecule has 0 heterocycles. The molecule has 0 saturated carbocycles. The number of nitriles is 1. The highest BCUT2D eigenvalue weighted by Crippen LogP contribution is 2.37. The molecule has 0 radical (unpaired) electrons. The molecule has 0 unspecified atom stereocenters. The van der Waals surface area contributed by atoms with Crippen molar-refractivity contribution in [2.45, 2.75) is 6.92 Å². The van der Waals surface area contributed by atoms with Gasteiger partial charge in [0.25, 0.3) is 0 Å². The van der Waals surface area contributed by atoms with Crippen LogP contribution in [0.5, 0.6) is 11.5 Å². The quantitative estimate of drug-likeness (QED) is 0.622. The van der Waals surface area contributed by atoms with Gasteiger partial charge in [0.1, 0.15) is 0 Å². The number of nitrogens with zero attached hydrogens (tertiary/aromatic N) is 1. The van der Waals surface area contributed by atoms with Crippen LogP contribution < -0.4 is 9.47 Å². The van der Waals surface area contributed by atoms with Crippen LogP contribution in [0.1, 0.15) is 22.8 Å². The number of rotatable bonds is 4. The number of ether oxygens (including phenoxy) is 2. The second-order valence-electron chi connectivity index (χ2n) is 4.09. The van der Waals surface area contributed by atoms with Crippen molar-refractivity contribution in [3.05, 3.63) is 58.1 Å². The van der Waals surface area contributed by atoms with E-state index in [1.165, 1.54) is 0 Å². The Morgan fingerprint density at radius 2 is 2.00 bits per heavy atom. The minimum absolute atomic E-state index is 0.268. The van der Waals surface area contributed by atoms with Gasteiger partial charge in [-0.15, -0.1) is 0 Å². The number of carbonyl (C=O) groups is 1. The van der Waals surface area contributed by atoms with Crippen molar-refractivity contribution in [1.29, 1.82) is 5.26 Å².